The van der Waals surface area contributed by atoms with Crippen LogP contribution in [0, 0.1) is 0 Å². The fourth-order valence-corrected chi connectivity index (χ4v) is 1.08. The molecule has 0 spiro atoms. The summed E-state index contributed by atoms with van der Waals surface area (Å²) in [6.07, 6.45) is 1.50. The normalized spacial score (nSPS) is 9.62. The van der Waals surface area contributed by atoms with Crippen molar-refractivity contribution in [1.29, 1.82) is 0 Å². The van der Waals surface area contributed by atoms with Crippen LogP contribution in [0.4, 0.5) is 5.69 Å². The molecule has 1 heterocycles. The number of amides is 2. The van der Waals surface area contributed by atoms with Crippen molar-refractivity contribution in [2.24, 2.45) is 5.73 Å². The number of rotatable bonds is 4. The third-order valence-electron chi connectivity index (χ3n) is 1.85. The Morgan fingerprint density at radius 2 is 2.19 bits per heavy atom. The van der Waals surface area contributed by atoms with Gasteiger partial charge in [0.2, 0.25) is 5.91 Å². The highest BCUT2D eigenvalue weighted by Crippen LogP contribution is 2.08. The number of anilines is 1. The summed E-state index contributed by atoms with van der Waals surface area (Å²) in [6.45, 7) is 0.0274. The molecule has 1 rings (SSSR count). The first-order valence-corrected chi connectivity index (χ1v) is 4.70. The standard InChI is InChI=1S/C10H14N4O2/c1-14(2)10(16)8-5-7(3-4-12-8)13-6-9(11)15/h3-5H,6H2,1-2H3,(H2,11,15)(H,12,13). The van der Waals surface area contributed by atoms with E-state index in [1.807, 2.05) is 0 Å². The lowest BCUT2D eigenvalue weighted by Crippen LogP contribution is -2.24. The lowest BCUT2D eigenvalue weighted by atomic mass is 10.3. The van der Waals surface area contributed by atoms with Gasteiger partial charge in [-0.25, -0.2) is 0 Å². The quantitative estimate of drug-likeness (QED) is 0.730. The Bertz CT molecular complexity index is 404. The molecule has 0 aliphatic heterocycles. The van der Waals surface area contributed by atoms with E-state index in [2.05, 4.69) is 10.3 Å². The van der Waals surface area contributed by atoms with Crippen LogP contribution in [0.15, 0.2) is 18.3 Å². The predicted molar refractivity (Wildman–Crippen MR) is 59.9 cm³/mol. The van der Waals surface area contributed by atoms with Gasteiger partial charge in [-0.3, -0.25) is 14.6 Å². The number of carbonyl (C=O) groups is 2. The van der Waals surface area contributed by atoms with Crippen molar-refractivity contribution >= 4 is 17.5 Å². The summed E-state index contributed by atoms with van der Waals surface area (Å²) in [4.78, 5) is 27.5. The average molecular weight is 222 g/mol. The number of primary amides is 1. The minimum Gasteiger partial charge on any atom is -0.376 e. The number of hydrogen-bond acceptors (Lipinski definition) is 4. The second-order valence-corrected chi connectivity index (χ2v) is 3.45. The molecule has 0 aliphatic rings. The Morgan fingerprint density at radius 3 is 2.75 bits per heavy atom. The van der Waals surface area contributed by atoms with Gasteiger partial charge in [-0.1, -0.05) is 0 Å². The van der Waals surface area contributed by atoms with E-state index in [9.17, 15) is 9.59 Å². The average Bonchev–Trinajstić information content (AvgIpc) is 2.25. The SMILES string of the molecule is CN(C)C(=O)c1cc(NCC(N)=O)ccn1. The third kappa shape index (κ3) is 3.23. The highest BCUT2D eigenvalue weighted by molar-refractivity contribution is 5.92. The minimum atomic E-state index is -0.461. The summed E-state index contributed by atoms with van der Waals surface area (Å²) in [6, 6.07) is 3.24. The fourth-order valence-electron chi connectivity index (χ4n) is 1.08. The third-order valence-corrected chi connectivity index (χ3v) is 1.85. The van der Waals surface area contributed by atoms with Crippen LogP contribution >= 0.6 is 0 Å². The van der Waals surface area contributed by atoms with Crippen LogP contribution in [0.5, 0.6) is 0 Å². The highest BCUT2D eigenvalue weighted by atomic mass is 16.2. The molecule has 0 saturated heterocycles. The molecule has 0 saturated carbocycles. The fraction of sp³-hybridized carbons (Fsp3) is 0.300. The molecule has 0 aromatic carbocycles. The Kier molecular flexibility index (Phi) is 3.82. The van der Waals surface area contributed by atoms with E-state index in [1.165, 1.54) is 11.1 Å². The van der Waals surface area contributed by atoms with Crippen molar-refractivity contribution in [3.63, 3.8) is 0 Å². The molecule has 6 heteroatoms. The van der Waals surface area contributed by atoms with Crippen molar-refractivity contribution in [2.75, 3.05) is 26.0 Å². The van der Waals surface area contributed by atoms with Crippen molar-refractivity contribution < 1.29 is 9.59 Å². The molecule has 6 nitrogen and oxygen atoms in total. The van der Waals surface area contributed by atoms with Crippen LogP contribution in [0.2, 0.25) is 0 Å². The number of hydrogen-bond donors (Lipinski definition) is 2. The van der Waals surface area contributed by atoms with E-state index in [0.29, 0.717) is 11.4 Å². The predicted octanol–water partition coefficient (Wildman–Crippen LogP) is -0.319. The number of nitrogens with one attached hydrogen (secondary N) is 1. The lowest BCUT2D eigenvalue weighted by molar-refractivity contribution is -0.116. The molecular formula is C10H14N4O2. The number of nitrogens with two attached hydrogens (primary N) is 1. The molecule has 3 N–H and O–H groups in total. The second-order valence-electron chi connectivity index (χ2n) is 3.45. The van der Waals surface area contributed by atoms with Gasteiger partial charge in [0.1, 0.15) is 5.69 Å². The molecule has 0 bridgehead atoms. The topological polar surface area (TPSA) is 88.3 Å². The monoisotopic (exact) mass is 222 g/mol. The summed E-state index contributed by atoms with van der Waals surface area (Å²) in [7, 11) is 3.29. The van der Waals surface area contributed by atoms with E-state index in [-0.39, 0.29) is 12.5 Å². The molecule has 1 aromatic rings. The smallest absolute Gasteiger partial charge is 0.272 e. The van der Waals surface area contributed by atoms with Gasteiger partial charge in [-0.15, -0.1) is 0 Å². The van der Waals surface area contributed by atoms with Crippen molar-refractivity contribution in [3.05, 3.63) is 24.0 Å². The summed E-state index contributed by atoms with van der Waals surface area (Å²) >= 11 is 0. The maximum atomic E-state index is 11.6. The van der Waals surface area contributed by atoms with Crippen LogP contribution in [0.25, 0.3) is 0 Å². The van der Waals surface area contributed by atoms with Gasteiger partial charge >= 0.3 is 0 Å². The van der Waals surface area contributed by atoms with Gasteiger partial charge in [0.05, 0.1) is 6.54 Å². The van der Waals surface area contributed by atoms with Gasteiger partial charge in [0.25, 0.3) is 5.91 Å². The zero-order chi connectivity index (χ0) is 12.1. The Balaban J connectivity index is 2.78. The molecule has 86 valence electrons. The van der Waals surface area contributed by atoms with Gasteiger partial charge in [-0.2, -0.15) is 0 Å². The van der Waals surface area contributed by atoms with Crippen molar-refractivity contribution in [1.82, 2.24) is 9.88 Å². The van der Waals surface area contributed by atoms with Gasteiger partial charge in [-0.05, 0) is 12.1 Å². The highest BCUT2D eigenvalue weighted by Gasteiger charge is 2.09. The first-order chi connectivity index (χ1) is 7.50. The minimum absolute atomic E-state index is 0.0274. The van der Waals surface area contributed by atoms with E-state index in [0.717, 1.165) is 0 Å². The summed E-state index contributed by atoms with van der Waals surface area (Å²) in [5, 5.41) is 2.79. The van der Waals surface area contributed by atoms with Crippen molar-refractivity contribution in [2.45, 2.75) is 0 Å². The van der Waals surface area contributed by atoms with Gasteiger partial charge in [0, 0.05) is 26.0 Å². The number of nitrogens with zero attached hydrogens (tertiary/aromatic N) is 2. The van der Waals surface area contributed by atoms with Crippen LogP contribution in [-0.4, -0.2) is 42.3 Å². The largest absolute Gasteiger partial charge is 0.376 e. The molecule has 0 aliphatic carbocycles. The lowest BCUT2D eigenvalue weighted by Gasteiger charge is -2.10. The molecular weight excluding hydrogens is 208 g/mol. The molecule has 1 aromatic heterocycles. The summed E-state index contributed by atoms with van der Waals surface area (Å²) in [5.41, 5.74) is 5.95. The molecule has 0 unspecified atom stereocenters. The zero-order valence-electron chi connectivity index (χ0n) is 9.23. The Labute approximate surface area is 93.4 Å². The van der Waals surface area contributed by atoms with E-state index < -0.39 is 5.91 Å². The van der Waals surface area contributed by atoms with E-state index in [1.54, 1.807) is 26.2 Å². The first-order valence-electron chi connectivity index (χ1n) is 4.70. The maximum absolute atomic E-state index is 11.6. The van der Waals surface area contributed by atoms with Crippen LogP contribution in [0.3, 0.4) is 0 Å². The Hall–Kier alpha value is -2.11. The van der Waals surface area contributed by atoms with E-state index in [4.69, 9.17) is 5.73 Å². The molecule has 2 amide bonds. The summed E-state index contributed by atoms with van der Waals surface area (Å²) < 4.78 is 0. The number of pyridine rings is 1. The van der Waals surface area contributed by atoms with Crippen LogP contribution < -0.4 is 11.1 Å². The van der Waals surface area contributed by atoms with Crippen LogP contribution in [0.1, 0.15) is 10.5 Å². The molecule has 0 fully saturated rings. The van der Waals surface area contributed by atoms with E-state index >= 15 is 0 Å². The molecule has 0 radical (unpaired) electrons. The summed E-state index contributed by atoms with van der Waals surface area (Å²) in [5.74, 6) is -0.653. The van der Waals surface area contributed by atoms with Crippen LogP contribution in [-0.2, 0) is 4.79 Å². The van der Waals surface area contributed by atoms with Gasteiger partial charge in [0.15, 0.2) is 0 Å². The maximum Gasteiger partial charge on any atom is 0.272 e. The molecule has 0 atom stereocenters. The molecule has 16 heavy (non-hydrogen) atoms. The zero-order valence-corrected chi connectivity index (χ0v) is 9.23. The first kappa shape index (κ1) is 12.0. The second kappa shape index (κ2) is 5.11. The Morgan fingerprint density at radius 1 is 1.50 bits per heavy atom. The van der Waals surface area contributed by atoms with Gasteiger partial charge < -0.3 is 16.0 Å². The number of aromatic nitrogens is 1. The number of carbonyl (C=O) groups excluding carboxylic acids is 2. The van der Waals surface area contributed by atoms with Crippen molar-refractivity contribution in [3.8, 4) is 0 Å².